The lowest BCUT2D eigenvalue weighted by Gasteiger charge is -1.99. The predicted molar refractivity (Wildman–Crippen MR) is 52.5 cm³/mol. The van der Waals surface area contributed by atoms with Gasteiger partial charge in [-0.15, -0.1) is 0 Å². The minimum atomic E-state index is -0.122. The predicted octanol–water partition coefficient (Wildman–Crippen LogP) is 1.48. The Balaban J connectivity index is 2.62. The van der Waals surface area contributed by atoms with Gasteiger partial charge < -0.3 is 5.11 Å². The second-order valence-corrected chi connectivity index (χ2v) is 3.59. The third kappa shape index (κ3) is 1.43. The van der Waals surface area contributed by atoms with Crippen LogP contribution >= 0.6 is 23.6 Å². The molecule has 0 atom stereocenters. The molecule has 2 aromatic heterocycles. The SMILES string of the molecule is OCc1n[nH]c(=S)n1-c1ccsc1. The molecule has 2 rings (SSSR count). The highest BCUT2D eigenvalue weighted by molar-refractivity contribution is 7.71. The molecule has 68 valence electrons. The lowest BCUT2D eigenvalue weighted by Crippen LogP contribution is -1.99. The molecule has 4 nitrogen and oxygen atoms in total. The fourth-order valence-corrected chi connectivity index (χ4v) is 1.96. The fraction of sp³-hybridized carbons (Fsp3) is 0.143. The Bertz CT molecular complexity index is 443. The molecular weight excluding hydrogens is 206 g/mol. The molecule has 6 heteroatoms. The van der Waals surface area contributed by atoms with Crippen molar-refractivity contribution >= 4 is 23.6 Å². The first-order valence-electron chi connectivity index (χ1n) is 3.62. The van der Waals surface area contributed by atoms with Crippen LogP contribution in [0.15, 0.2) is 16.8 Å². The van der Waals surface area contributed by atoms with Crippen LogP contribution in [0.5, 0.6) is 0 Å². The van der Waals surface area contributed by atoms with E-state index in [0.29, 0.717) is 10.6 Å². The van der Waals surface area contributed by atoms with Crippen LogP contribution in [-0.2, 0) is 6.61 Å². The van der Waals surface area contributed by atoms with Crippen LogP contribution in [0.1, 0.15) is 5.82 Å². The lowest BCUT2D eigenvalue weighted by atomic mass is 10.5. The molecular formula is C7H7N3OS2. The Morgan fingerprint density at radius 1 is 1.69 bits per heavy atom. The molecule has 0 fully saturated rings. The third-order valence-electron chi connectivity index (χ3n) is 1.65. The molecule has 0 spiro atoms. The van der Waals surface area contributed by atoms with Crippen molar-refractivity contribution in [2.75, 3.05) is 0 Å². The number of H-pyrrole nitrogens is 1. The summed E-state index contributed by atoms with van der Waals surface area (Å²) in [6, 6.07) is 1.93. The fourth-order valence-electron chi connectivity index (χ4n) is 1.09. The highest BCUT2D eigenvalue weighted by Gasteiger charge is 2.06. The van der Waals surface area contributed by atoms with Crippen molar-refractivity contribution in [2.45, 2.75) is 6.61 Å². The Morgan fingerprint density at radius 3 is 3.15 bits per heavy atom. The van der Waals surface area contributed by atoms with Gasteiger partial charge in [-0.2, -0.15) is 16.4 Å². The van der Waals surface area contributed by atoms with Crippen LogP contribution in [-0.4, -0.2) is 19.9 Å². The number of hydrogen-bond donors (Lipinski definition) is 2. The van der Waals surface area contributed by atoms with Gasteiger partial charge in [-0.1, -0.05) is 0 Å². The summed E-state index contributed by atoms with van der Waals surface area (Å²) in [5, 5.41) is 19.4. The minimum Gasteiger partial charge on any atom is -0.388 e. The summed E-state index contributed by atoms with van der Waals surface area (Å²) in [5.74, 6) is 0.531. The topological polar surface area (TPSA) is 53.8 Å². The van der Waals surface area contributed by atoms with Crippen molar-refractivity contribution in [1.29, 1.82) is 0 Å². The van der Waals surface area contributed by atoms with Crippen LogP contribution in [0, 0.1) is 4.77 Å². The summed E-state index contributed by atoms with van der Waals surface area (Å²) in [4.78, 5) is 0. The van der Waals surface area contributed by atoms with Crippen LogP contribution < -0.4 is 0 Å². The number of nitrogens with one attached hydrogen (secondary N) is 1. The molecule has 0 radical (unpaired) electrons. The zero-order valence-electron chi connectivity index (χ0n) is 6.60. The molecule has 2 aromatic rings. The van der Waals surface area contributed by atoms with Crippen LogP contribution in [0.2, 0.25) is 0 Å². The maximum absolute atomic E-state index is 8.98. The van der Waals surface area contributed by atoms with E-state index in [-0.39, 0.29) is 6.61 Å². The van der Waals surface area contributed by atoms with Gasteiger partial charge in [0.1, 0.15) is 6.61 Å². The number of aliphatic hydroxyl groups excluding tert-OH is 1. The Hall–Kier alpha value is -0.980. The molecule has 0 aliphatic heterocycles. The lowest BCUT2D eigenvalue weighted by molar-refractivity contribution is 0.269. The largest absolute Gasteiger partial charge is 0.388 e. The zero-order chi connectivity index (χ0) is 9.26. The van der Waals surface area contributed by atoms with Gasteiger partial charge in [0.25, 0.3) is 0 Å². The maximum Gasteiger partial charge on any atom is 0.199 e. The van der Waals surface area contributed by atoms with E-state index >= 15 is 0 Å². The third-order valence-corrected chi connectivity index (χ3v) is 2.59. The van der Waals surface area contributed by atoms with Crippen molar-refractivity contribution in [2.24, 2.45) is 0 Å². The van der Waals surface area contributed by atoms with Gasteiger partial charge in [-0.3, -0.25) is 9.67 Å². The molecule has 2 heterocycles. The molecule has 0 aliphatic carbocycles. The molecule has 0 aliphatic rings. The Labute approximate surface area is 83.5 Å². The smallest absolute Gasteiger partial charge is 0.199 e. The Kier molecular flexibility index (Phi) is 2.26. The average molecular weight is 213 g/mol. The molecule has 0 amide bonds. The first kappa shape index (κ1) is 8.61. The molecule has 2 N–H and O–H groups in total. The summed E-state index contributed by atoms with van der Waals surface area (Å²) in [6.45, 7) is -0.122. The van der Waals surface area contributed by atoms with Crippen LogP contribution in [0.3, 0.4) is 0 Å². The summed E-state index contributed by atoms with van der Waals surface area (Å²) in [6.07, 6.45) is 0. The number of thiophene rings is 1. The number of nitrogens with zero attached hydrogens (tertiary/aromatic N) is 2. The van der Waals surface area contributed by atoms with E-state index in [1.807, 2.05) is 16.8 Å². The highest BCUT2D eigenvalue weighted by atomic mass is 32.1. The second kappa shape index (κ2) is 3.41. The van der Waals surface area contributed by atoms with Gasteiger partial charge in [-0.25, -0.2) is 0 Å². The van der Waals surface area contributed by atoms with E-state index in [4.69, 9.17) is 17.3 Å². The first-order valence-corrected chi connectivity index (χ1v) is 4.98. The normalized spacial score (nSPS) is 10.5. The Morgan fingerprint density at radius 2 is 2.54 bits per heavy atom. The van der Waals surface area contributed by atoms with Crippen molar-refractivity contribution < 1.29 is 5.11 Å². The molecule has 0 bridgehead atoms. The molecule has 0 saturated carbocycles. The molecule has 13 heavy (non-hydrogen) atoms. The number of aromatic amines is 1. The molecule has 0 saturated heterocycles. The second-order valence-electron chi connectivity index (χ2n) is 2.42. The van der Waals surface area contributed by atoms with Gasteiger partial charge in [0, 0.05) is 5.38 Å². The highest BCUT2D eigenvalue weighted by Crippen LogP contribution is 2.14. The van der Waals surface area contributed by atoms with E-state index < -0.39 is 0 Å². The monoisotopic (exact) mass is 213 g/mol. The van der Waals surface area contributed by atoms with Crippen LogP contribution in [0.4, 0.5) is 0 Å². The van der Waals surface area contributed by atoms with E-state index in [0.717, 1.165) is 5.69 Å². The van der Waals surface area contributed by atoms with Crippen molar-refractivity contribution in [3.63, 3.8) is 0 Å². The molecule has 0 unspecified atom stereocenters. The van der Waals surface area contributed by atoms with E-state index in [2.05, 4.69) is 10.2 Å². The van der Waals surface area contributed by atoms with Crippen molar-refractivity contribution in [1.82, 2.24) is 14.8 Å². The van der Waals surface area contributed by atoms with E-state index in [9.17, 15) is 0 Å². The van der Waals surface area contributed by atoms with Crippen molar-refractivity contribution in [3.8, 4) is 5.69 Å². The van der Waals surface area contributed by atoms with Crippen LogP contribution in [0.25, 0.3) is 5.69 Å². The quantitative estimate of drug-likeness (QED) is 0.743. The maximum atomic E-state index is 8.98. The zero-order valence-corrected chi connectivity index (χ0v) is 8.23. The van der Waals surface area contributed by atoms with Gasteiger partial charge in [-0.05, 0) is 23.7 Å². The number of hydrogen-bond acceptors (Lipinski definition) is 4. The number of rotatable bonds is 2. The standard InChI is InChI=1S/C7H7N3OS2/c11-3-6-8-9-7(12)10(6)5-1-2-13-4-5/h1-2,4,11H,3H2,(H,9,12). The van der Waals surface area contributed by atoms with Gasteiger partial charge in [0.05, 0.1) is 5.69 Å². The minimum absolute atomic E-state index is 0.122. The number of aromatic nitrogens is 3. The summed E-state index contributed by atoms with van der Waals surface area (Å²) < 4.78 is 2.22. The van der Waals surface area contributed by atoms with Crippen molar-refractivity contribution in [3.05, 3.63) is 27.4 Å². The first-order chi connectivity index (χ1) is 6.33. The van der Waals surface area contributed by atoms with E-state index in [1.165, 1.54) is 0 Å². The summed E-state index contributed by atoms with van der Waals surface area (Å²) in [7, 11) is 0. The summed E-state index contributed by atoms with van der Waals surface area (Å²) in [5.41, 5.74) is 0.938. The van der Waals surface area contributed by atoms with E-state index in [1.54, 1.807) is 15.9 Å². The average Bonchev–Trinajstić information content (AvgIpc) is 2.72. The van der Waals surface area contributed by atoms with Gasteiger partial charge in [0.2, 0.25) is 0 Å². The van der Waals surface area contributed by atoms with Gasteiger partial charge in [0.15, 0.2) is 10.6 Å². The molecule has 0 aromatic carbocycles. The van der Waals surface area contributed by atoms with Gasteiger partial charge >= 0.3 is 0 Å². The summed E-state index contributed by atoms with van der Waals surface area (Å²) >= 11 is 6.60. The number of aliphatic hydroxyl groups is 1.